The van der Waals surface area contributed by atoms with Crippen molar-refractivity contribution in [3.05, 3.63) is 36.2 Å². The number of rotatable bonds is 2. The van der Waals surface area contributed by atoms with Crippen LogP contribution in [0.1, 0.15) is 32.0 Å². The van der Waals surface area contributed by atoms with Gasteiger partial charge in [-0.1, -0.05) is 27.4 Å². The fraction of sp³-hybridized carbons (Fsp3) is 0.385. The van der Waals surface area contributed by atoms with Crippen LogP contribution in [0.15, 0.2) is 24.9 Å². The molecule has 1 N–H and O–H groups in total. The Kier molecular flexibility index (Phi) is 4.03. The molecule has 0 aromatic carbocycles. The maximum Gasteiger partial charge on any atom is 0.433 e. The third-order valence-corrected chi connectivity index (χ3v) is 2.45. The zero-order valence-electron chi connectivity index (χ0n) is 10.9. The summed E-state index contributed by atoms with van der Waals surface area (Å²) in [6, 6.07) is 0.957. The van der Waals surface area contributed by atoms with Crippen LogP contribution in [0.3, 0.4) is 0 Å². The first-order valence-electron chi connectivity index (χ1n) is 5.57. The van der Waals surface area contributed by atoms with Crippen LogP contribution >= 0.6 is 0 Å². The molecular formula is C13H15F3N2O. The van der Waals surface area contributed by atoms with Gasteiger partial charge in [0.25, 0.3) is 0 Å². The molecule has 0 aliphatic rings. The van der Waals surface area contributed by atoms with Gasteiger partial charge >= 0.3 is 6.18 Å². The summed E-state index contributed by atoms with van der Waals surface area (Å²) in [6.07, 6.45) is -2.45. The highest BCUT2D eigenvalue weighted by molar-refractivity contribution is 5.99. The lowest BCUT2D eigenvalue weighted by Crippen LogP contribution is -2.20. The van der Waals surface area contributed by atoms with E-state index in [2.05, 4.69) is 16.9 Å². The molecule has 0 atom stereocenters. The summed E-state index contributed by atoms with van der Waals surface area (Å²) in [5, 5.41) is 2.46. The molecule has 0 radical (unpaired) electrons. The van der Waals surface area contributed by atoms with E-state index in [1.165, 1.54) is 0 Å². The molecule has 1 rings (SSSR count). The molecule has 0 spiro atoms. The van der Waals surface area contributed by atoms with Crippen molar-refractivity contribution in [1.82, 2.24) is 4.98 Å². The minimum atomic E-state index is -4.51. The first kappa shape index (κ1) is 15.2. The quantitative estimate of drug-likeness (QED) is 0.837. The summed E-state index contributed by atoms with van der Waals surface area (Å²) in [4.78, 5) is 14.6. The van der Waals surface area contributed by atoms with Crippen LogP contribution in [-0.2, 0) is 16.4 Å². The zero-order valence-corrected chi connectivity index (χ0v) is 10.9. The van der Waals surface area contributed by atoms with Gasteiger partial charge in [0.1, 0.15) is 5.69 Å². The Morgan fingerprint density at radius 2 is 1.95 bits per heavy atom. The number of hydrogen-bond acceptors (Lipinski definition) is 2. The van der Waals surface area contributed by atoms with Gasteiger partial charge in [0, 0.05) is 0 Å². The number of hydrogen-bond donors (Lipinski definition) is 1. The Balaban J connectivity index is 3.33. The molecule has 0 saturated heterocycles. The van der Waals surface area contributed by atoms with E-state index in [-0.39, 0.29) is 5.69 Å². The fourth-order valence-corrected chi connectivity index (χ4v) is 1.51. The number of halogens is 3. The van der Waals surface area contributed by atoms with Gasteiger partial charge in [0.15, 0.2) is 0 Å². The van der Waals surface area contributed by atoms with Gasteiger partial charge in [-0.2, -0.15) is 13.2 Å². The first-order chi connectivity index (χ1) is 8.55. The number of amides is 1. The van der Waals surface area contributed by atoms with Crippen LogP contribution in [0.5, 0.6) is 0 Å². The Hall–Kier alpha value is -1.85. The minimum absolute atomic E-state index is 0.255. The van der Waals surface area contributed by atoms with Crippen molar-refractivity contribution in [3.63, 3.8) is 0 Å². The fourth-order valence-electron chi connectivity index (χ4n) is 1.51. The highest BCUT2D eigenvalue weighted by Crippen LogP contribution is 2.34. The number of nitrogens with zero attached hydrogens (tertiary/aromatic N) is 1. The van der Waals surface area contributed by atoms with E-state index in [1.54, 1.807) is 20.8 Å². The minimum Gasteiger partial charge on any atom is -0.321 e. The molecule has 1 aromatic rings. The summed E-state index contributed by atoms with van der Waals surface area (Å²) in [5.41, 5.74) is -0.920. The number of anilines is 1. The highest BCUT2D eigenvalue weighted by atomic mass is 19.4. The molecular weight excluding hydrogens is 257 g/mol. The molecule has 104 valence electrons. The molecule has 0 unspecified atom stereocenters. The molecule has 3 nitrogen and oxygen atoms in total. The second-order valence-electron chi connectivity index (χ2n) is 5.06. The van der Waals surface area contributed by atoms with Gasteiger partial charge in [-0.15, -0.1) is 0 Å². The van der Waals surface area contributed by atoms with E-state index < -0.39 is 23.2 Å². The van der Waals surface area contributed by atoms with Crippen molar-refractivity contribution in [2.24, 2.45) is 0 Å². The zero-order chi connectivity index (χ0) is 14.8. The number of nitrogens with one attached hydrogen (secondary N) is 1. The summed E-state index contributed by atoms with van der Waals surface area (Å²) in [6.45, 7) is 8.56. The Labute approximate surface area is 109 Å². The standard InChI is InChI=1S/C13H15F3N2O/c1-5-11(19)18-9-7-17-10(13(14,15)16)6-8(9)12(2,3)4/h5-7H,1H2,2-4H3,(H,18,19). The lowest BCUT2D eigenvalue weighted by Gasteiger charge is -2.23. The van der Waals surface area contributed by atoms with Crippen LogP contribution in [0, 0.1) is 0 Å². The van der Waals surface area contributed by atoms with E-state index in [1.807, 2.05) is 0 Å². The van der Waals surface area contributed by atoms with Crippen molar-refractivity contribution < 1.29 is 18.0 Å². The maximum absolute atomic E-state index is 12.7. The van der Waals surface area contributed by atoms with Crippen LogP contribution in [-0.4, -0.2) is 10.9 Å². The highest BCUT2D eigenvalue weighted by Gasteiger charge is 2.34. The van der Waals surface area contributed by atoms with Gasteiger partial charge in [0.05, 0.1) is 11.9 Å². The molecule has 1 aromatic heterocycles. The van der Waals surface area contributed by atoms with Crippen LogP contribution in [0.2, 0.25) is 0 Å². The predicted molar refractivity (Wildman–Crippen MR) is 66.8 cm³/mol. The van der Waals surface area contributed by atoms with Gasteiger partial charge in [-0.25, -0.2) is 4.98 Å². The number of alkyl halides is 3. The summed E-state index contributed by atoms with van der Waals surface area (Å²) >= 11 is 0. The molecule has 0 saturated carbocycles. The smallest absolute Gasteiger partial charge is 0.321 e. The Morgan fingerprint density at radius 3 is 2.37 bits per heavy atom. The SMILES string of the molecule is C=CC(=O)Nc1cnc(C(F)(F)F)cc1C(C)(C)C. The van der Waals surface area contributed by atoms with Crippen molar-refractivity contribution >= 4 is 11.6 Å². The second-order valence-corrected chi connectivity index (χ2v) is 5.06. The average molecular weight is 272 g/mol. The van der Waals surface area contributed by atoms with Gasteiger partial charge < -0.3 is 5.32 Å². The van der Waals surface area contributed by atoms with Crippen LogP contribution in [0.4, 0.5) is 18.9 Å². The summed E-state index contributed by atoms with van der Waals surface area (Å²) in [5.74, 6) is -0.493. The molecule has 1 heterocycles. The largest absolute Gasteiger partial charge is 0.433 e. The number of aromatic nitrogens is 1. The van der Waals surface area contributed by atoms with Crippen molar-refractivity contribution in [1.29, 1.82) is 0 Å². The van der Waals surface area contributed by atoms with Gasteiger partial charge in [-0.3, -0.25) is 4.79 Å². The van der Waals surface area contributed by atoms with Gasteiger partial charge in [-0.05, 0) is 23.1 Å². The number of pyridine rings is 1. The topological polar surface area (TPSA) is 42.0 Å². The molecule has 0 aliphatic heterocycles. The molecule has 0 bridgehead atoms. The van der Waals surface area contributed by atoms with E-state index in [0.29, 0.717) is 5.56 Å². The monoisotopic (exact) mass is 272 g/mol. The molecule has 6 heteroatoms. The van der Waals surface area contributed by atoms with Crippen molar-refractivity contribution in [3.8, 4) is 0 Å². The third kappa shape index (κ3) is 3.81. The summed E-state index contributed by atoms with van der Waals surface area (Å²) in [7, 11) is 0. The van der Waals surface area contributed by atoms with E-state index in [0.717, 1.165) is 18.3 Å². The number of carbonyl (C=O) groups excluding carboxylic acids is 1. The second kappa shape index (κ2) is 5.03. The predicted octanol–water partition coefficient (Wildman–Crippen LogP) is 3.52. The lowest BCUT2D eigenvalue weighted by molar-refractivity contribution is -0.141. The van der Waals surface area contributed by atoms with Gasteiger partial charge in [0.2, 0.25) is 5.91 Å². The summed E-state index contributed by atoms with van der Waals surface area (Å²) < 4.78 is 38.0. The first-order valence-corrected chi connectivity index (χ1v) is 5.57. The van der Waals surface area contributed by atoms with E-state index in [4.69, 9.17) is 0 Å². The number of carbonyl (C=O) groups is 1. The van der Waals surface area contributed by atoms with Crippen molar-refractivity contribution in [2.45, 2.75) is 32.4 Å². The molecule has 1 amide bonds. The molecule has 0 aliphatic carbocycles. The van der Waals surface area contributed by atoms with Crippen LogP contribution in [0.25, 0.3) is 0 Å². The average Bonchev–Trinajstić information content (AvgIpc) is 2.26. The molecule has 0 fully saturated rings. The Bertz CT molecular complexity index is 502. The Morgan fingerprint density at radius 1 is 1.37 bits per heavy atom. The third-order valence-electron chi connectivity index (χ3n) is 2.45. The molecule has 19 heavy (non-hydrogen) atoms. The normalized spacial score (nSPS) is 12.1. The van der Waals surface area contributed by atoms with E-state index >= 15 is 0 Å². The van der Waals surface area contributed by atoms with E-state index in [9.17, 15) is 18.0 Å². The van der Waals surface area contributed by atoms with Crippen LogP contribution < -0.4 is 5.32 Å². The van der Waals surface area contributed by atoms with Crippen molar-refractivity contribution in [2.75, 3.05) is 5.32 Å². The maximum atomic E-state index is 12.7. The lowest BCUT2D eigenvalue weighted by atomic mass is 9.86.